The topological polar surface area (TPSA) is 79.3 Å². The van der Waals surface area contributed by atoms with Crippen molar-refractivity contribution in [1.29, 1.82) is 0 Å². The molecule has 0 radical (unpaired) electrons. The van der Waals surface area contributed by atoms with E-state index in [-0.39, 0.29) is 18.9 Å². The minimum atomic E-state index is -0.907. The Kier molecular flexibility index (Phi) is 7.26. The Morgan fingerprint density at radius 2 is 2.15 bits per heavy atom. The monoisotopic (exact) mass is 364 g/mol. The number of methoxy groups -OCH3 is 1. The Balaban J connectivity index is 1.97. The molecule has 7 nitrogen and oxygen atoms in total. The normalized spacial score (nSPS) is 17.0. The van der Waals surface area contributed by atoms with Crippen molar-refractivity contribution in [3.05, 3.63) is 23.8 Å². The Morgan fingerprint density at radius 3 is 2.77 bits per heavy atom. The van der Waals surface area contributed by atoms with Crippen LogP contribution in [0.15, 0.2) is 18.2 Å². The molecule has 0 spiro atoms. The first-order valence-electron chi connectivity index (χ1n) is 8.85. The first-order valence-corrected chi connectivity index (χ1v) is 8.85. The second kappa shape index (κ2) is 9.43. The highest BCUT2D eigenvalue weighted by Crippen LogP contribution is 2.26. The van der Waals surface area contributed by atoms with Crippen LogP contribution in [0.1, 0.15) is 18.4 Å². The third kappa shape index (κ3) is 5.62. The number of rotatable bonds is 10. The summed E-state index contributed by atoms with van der Waals surface area (Å²) in [6, 6.07) is 5.67. The van der Waals surface area contributed by atoms with E-state index in [1.807, 2.05) is 32.3 Å². The number of carboxylic acids is 1. The Bertz CT molecular complexity index is 632. The average Bonchev–Trinajstić information content (AvgIpc) is 2.98. The van der Waals surface area contributed by atoms with Gasteiger partial charge in [0.15, 0.2) is 0 Å². The van der Waals surface area contributed by atoms with Crippen molar-refractivity contribution in [3.63, 3.8) is 0 Å². The van der Waals surface area contributed by atoms with E-state index in [1.165, 1.54) is 0 Å². The summed E-state index contributed by atoms with van der Waals surface area (Å²) in [5.41, 5.74) is 0.988. The van der Waals surface area contributed by atoms with Gasteiger partial charge in [0.1, 0.15) is 11.5 Å². The summed E-state index contributed by atoms with van der Waals surface area (Å²) >= 11 is 0. The molecule has 0 aromatic heterocycles. The lowest BCUT2D eigenvalue weighted by atomic mass is 10.1. The minimum absolute atomic E-state index is 0.0891. The number of carbonyl (C=O) groups is 2. The first kappa shape index (κ1) is 20.0. The number of ether oxygens (including phenoxy) is 2. The summed E-state index contributed by atoms with van der Waals surface area (Å²) in [6.07, 6.45) is 1.62. The zero-order chi connectivity index (χ0) is 19.1. The molecule has 1 aromatic carbocycles. The number of nitrogens with zero attached hydrogens (tertiary/aromatic N) is 2. The molecule has 1 heterocycles. The van der Waals surface area contributed by atoms with E-state index in [1.54, 1.807) is 12.0 Å². The van der Waals surface area contributed by atoms with Gasteiger partial charge in [-0.2, -0.15) is 0 Å². The Labute approximate surface area is 154 Å². The molecule has 144 valence electrons. The van der Waals surface area contributed by atoms with Gasteiger partial charge in [-0.15, -0.1) is 0 Å². The number of likely N-dealkylation sites (tertiary alicyclic amines) is 1. The molecule has 1 aromatic rings. The van der Waals surface area contributed by atoms with Crippen LogP contribution in [0.25, 0.3) is 0 Å². The molecule has 1 aliphatic rings. The highest BCUT2D eigenvalue weighted by atomic mass is 16.5. The molecule has 0 bridgehead atoms. The van der Waals surface area contributed by atoms with Gasteiger partial charge in [0, 0.05) is 32.1 Å². The Morgan fingerprint density at radius 1 is 1.38 bits per heavy atom. The van der Waals surface area contributed by atoms with E-state index in [4.69, 9.17) is 14.6 Å². The largest absolute Gasteiger partial charge is 0.497 e. The third-order valence-electron chi connectivity index (χ3n) is 4.50. The van der Waals surface area contributed by atoms with E-state index >= 15 is 0 Å². The van der Waals surface area contributed by atoms with Crippen molar-refractivity contribution < 1.29 is 24.2 Å². The fourth-order valence-electron chi connectivity index (χ4n) is 2.97. The lowest BCUT2D eigenvalue weighted by Crippen LogP contribution is -2.28. The fourth-order valence-corrected chi connectivity index (χ4v) is 2.97. The Hall–Kier alpha value is -2.28. The van der Waals surface area contributed by atoms with Crippen molar-refractivity contribution in [2.75, 3.05) is 47.4 Å². The smallest absolute Gasteiger partial charge is 0.308 e. The maximum absolute atomic E-state index is 12.0. The van der Waals surface area contributed by atoms with Crippen molar-refractivity contribution in [2.24, 2.45) is 5.92 Å². The predicted molar refractivity (Wildman–Crippen MR) is 97.7 cm³/mol. The number of carboxylic acid groups (broad SMARTS) is 1. The molecule has 0 saturated carbocycles. The zero-order valence-electron chi connectivity index (χ0n) is 15.7. The molecule has 1 fully saturated rings. The van der Waals surface area contributed by atoms with Crippen molar-refractivity contribution in [2.45, 2.75) is 19.3 Å². The minimum Gasteiger partial charge on any atom is -0.497 e. The van der Waals surface area contributed by atoms with E-state index < -0.39 is 11.9 Å². The van der Waals surface area contributed by atoms with E-state index in [0.717, 1.165) is 30.0 Å². The number of hydrogen-bond acceptors (Lipinski definition) is 5. The van der Waals surface area contributed by atoms with Gasteiger partial charge in [-0.25, -0.2) is 0 Å². The molecule has 1 N–H and O–H groups in total. The molecular formula is C19H28N2O5. The van der Waals surface area contributed by atoms with Crippen molar-refractivity contribution >= 4 is 11.9 Å². The summed E-state index contributed by atoms with van der Waals surface area (Å²) in [6.45, 7) is 2.31. The molecule has 1 aliphatic heterocycles. The maximum atomic E-state index is 12.0. The number of amides is 1. The van der Waals surface area contributed by atoms with Gasteiger partial charge in [0.2, 0.25) is 5.91 Å². The van der Waals surface area contributed by atoms with Crippen molar-refractivity contribution in [3.8, 4) is 11.5 Å². The molecule has 1 saturated heterocycles. The number of carbonyl (C=O) groups excluding carboxylic acids is 1. The van der Waals surface area contributed by atoms with E-state index in [2.05, 4.69) is 4.90 Å². The van der Waals surface area contributed by atoms with E-state index in [0.29, 0.717) is 19.6 Å². The number of aliphatic carboxylic acids is 1. The molecule has 7 heteroatoms. The average molecular weight is 364 g/mol. The lowest BCUT2D eigenvalue weighted by Gasteiger charge is -2.18. The lowest BCUT2D eigenvalue weighted by molar-refractivity contribution is -0.141. The quantitative estimate of drug-likeness (QED) is 0.634. The van der Waals surface area contributed by atoms with Gasteiger partial charge in [-0.05, 0) is 38.6 Å². The van der Waals surface area contributed by atoms with Crippen LogP contribution in [0, 0.1) is 5.92 Å². The van der Waals surface area contributed by atoms with Crippen LogP contribution in [-0.4, -0.2) is 74.2 Å². The molecule has 26 heavy (non-hydrogen) atoms. The van der Waals surface area contributed by atoms with Crippen LogP contribution < -0.4 is 9.47 Å². The maximum Gasteiger partial charge on any atom is 0.308 e. The number of benzene rings is 1. The SMILES string of the molecule is COc1ccc(CCN2CC(C(=O)O)CC2=O)c(OCCCN(C)C)c1. The summed E-state index contributed by atoms with van der Waals surface area (Å²) in [4.78, 5) is 26.8. The van der Waals surface area contributed by atoms with Crippen LogP contribution in [0.3, 0.4) is 0 Å². The summed E-state index contributed by atoms with van der Waals surface area (Å²) in [7, 11) is 5.66. The molecule has 1 atom stereocenters. The van der Waals surface area contributed by atoms with E-state index in [9.17, 15) is 9.59 Å². The predicted octanol–water partition coefficient (Wildman–Crippen LogP) is 1.50. The highest BCUT2D eigenvalue weighted by Gasteiger charge is 2.33. The highest BCUT2D eigenvalue weighted by molar-refractivity contribution is 5.86. The van der Waals surface area contributed by atoms with Gasteiger partial charge in [-0.3, -0.25) is 9.59 Å². The van der Waals surface area contributed by atoms with Crippen molar-refractivity contribution in [1.82, 2.24) is 9.80 Å². The van der Waals surface area contributed by atoms with Gasteiger partial charge in [0.05, 0.1) is 19.6 Å². The standard InChI is InChI=1S/C19H28N2O5/c1-20(2)8-4-10-26-17-12-16(25-3)6-5-14(17)7-9-21-13-15(19(23)24)11-18(21)22/h5-6,12,15H,4,7-11,13H2,1-3H3,(H,23,24). The second-order valence-corrected chi connectivity index (χ2v) is 6.81. The summed E-state index contributed by atoms with van der Waals surface area (Å²) in [5.74, 6) is -0.126. The fraction of sp³-hybridized carbons (Fsp3) is 0.579. The van der Waals surface area contributed by atoms with Gasteiger partial charge < -0.3 is 24.4 Å². The third-order valence-corrected chi connectivity index (χ3v) is 4.50. The van der Waals surface area contributed by atoms with Gasteiger partial charge >= 0.3 is 5.97 Å². The second-order valence-electron chi connectivity index (χ2n) is 6.81. The molecule has 1 amide bonds. The first-order chi connectivity index (χ1) is 12.4. The van der Waals surface area contributed by atoms with Crippen LogP contribution in [-0.2, 0) is 16.0 Å². The van der Waals surface area contributed by atoms with Crippen LogP contribution >= 0.6 is 0 Å². The zero-order valence-corrected chi connectivity index (χ0v) is 15.7. The van der Waals surface area contributed by atoms with Gasteiger partial charge in [-0.1, -0.05) is 6.07 Å². The molecule has 1 unspecified atom stereocenters. The molecular weight excluding hydrogens is 336 g/mol. The molecule has 2 rings (SSSR count). The summed E-state index contributed by atoms with van der Waals surface area (Å²) < 4.78 is 11.2. The number of hydrogen-bond donors (Lipinski definition) is 1. The van der Waals surface area contributed by atoms with Crippen LogP contribution in [0.5, 0.6) is 11.5 Å². The summed E-state index contributed by atoms with van der Waals surface area (Å²) in [5, 5.41) is 9.08. The van der Waals surface area contributed by atoms with Crippen LogP contribution in [0.2, 0.25) is 0 Å². The van der Waals surface area contributed by atoms with Gasteiger partial charge in [0.25, 0.3) is 0 Å². The van der Waals surface area contributed by atoms with Crippen LogP contribution in [0.4, 0.5) is 0 Å². The molecule has 0 aliphatic carbocycles.